The molecule has 144 valence electrons. The van der Waals surface area contributed by atoms with Gasteiger partial charge in [0.15, 0.2) is 0 Å². The summed E-state index contributed by atoms with van der Waals surface area (Å²) in [4.78, 5) is 15.0. The molecule has 1 amide bonds. The summed E-state index contributed by atoms with van der Waals surface area (Å²) in [5.41, 5.74) is 5.66. The molecule has 1 atom stereocenters. The van der Waals surface area contributed by atoms with Crippen LogP contribution in [0.5, 0.6) is 0 Å². The summed E-state index contributed by atoms with van der Waals surface area (Å²) in [6.45, 7) is 8.49. The highest BCUT2D eigenvalue weighted by atomic mass is 16.1. The van der Waals surface area contributed by atoms with E-state index in [9.17, 15) is 4.79 Å². The fourth-order valence-corrected chi connectivity index (χ4v) is 3.77. The first kappa shape index (κ1) is 18.3. The molecule has 1 aliphatic heterocycles. The molecule has 28 heavy (non-hydrogen) atoms. The van der Waals surface area contributed by atoms with Crippen LogP contribution < -0.4 is 10.2 Å². The van der Waals surface area contributed by atoms with Crippen LogP contribution in [0, 0.1) is 19.8 Å². The maximum atomic E-state index is 12.6. The summed E-state index contributed by atoms with van der Waals surface area (Å²) >= 11 is 0. The minimum atomic E-state index is -0.109. The van der Waals surface area contributed by atoms with Crippen LogP contribution in [0.4, 0.5) is 11.4 Å². The third kappa shape index (κ3) is 3.79. The SMILES string of the molecule is Cc1cc(C)n(-c2ccc(C(=O)Nc3ccc(N4CCC(C)C4)cc3)cc2)n1. The van der Waals surface area contributed by atoms with Crippen molar-refractivity contribution in [1.82, 2.24) is 9.78 Å². The number of benzene rings is 2. The summed E-state index contributed by atoms with van der Waals surface area (Å²) in [6.07, 6.45) is 1.24. The summed E-state index contributed by atoms with van der Waals surface area (Å²) < 4.78 is 1.88. The van der Waals surface area contributed by atoms with Crippen molar-refractivity contribution in [2.75, 3.05) is 23.3 Å². The number of hydrogen-bond acceptors (Lipinski definition) is 3. The van der Waals surface area contributed by atoms with E-state index in [4.69, 9.17) is 0 Å². The molecule has 1 unspecified atom stereocenters. The van der Waals surface area contributed by atoms with Crippen LogP contribution in [0.25, 0.3) is 5.69 Å². The molecule has 1 aromatic heterocycles. The molecule has 0 bridgehead atoms. The molecule has 0 radical (unpaired) electrons. The molecule has 0 saturated carbocycles. The number of nitrogens with one attached hydrogen (secondary N) is 1. The van der Waals surface area contributed by atoms with Gasteiger partial charge in [0.2, 0.25) is 0 Å². The number of carbonyl (C=O) groups excluding carboxylic acids is 1. The lowest BCUT2D eigenvalue weighted by Gasteiger charge is -2.18. The van der Waals surface area contributed by atoms with Crippen LogP contribution in [-0.2, 0) is 0 Å². The highest BCUT2D eigenvalue weighted by Crippen LogP contribution is 2.25. The maximum Gasteiger partial charge on any atom is 0.255 e. The van der Waals surface area contributed by atoms with Crippen molar-refractivity contribution in [2.24, 2.45) is 5.92 Å². The topological polar surface area (TPSA) is 50.2 Å². The highest BCUT2D eigenvalue weighted by Gasteiger charge is 2.18. The van der Waals surface area contributed by atoms with Crippen LogP contribution in [0.2, 0.25) is 0 Å². The molecule has 1 N–H and O–H groups in total. The van der Waals surface area contributed by atoms with Crippen LogP contribution in [0.1, 0.15) is 35.1 Å². The standard InChI is InChI=1S/C23H26N4O/c1-16-12-13-26(15-16)21-10-6-20(7-11-21)24-23(28)19-4-8-22(9-5-19)27-18(3)14-17(2)25-27/h4-11,14,16H,12-13,15H2,1-3H3,(H,24,28). The van der Waals surface area contributed by atoms with Crippen molar-refractivity contribution in [2.45, 2.75) is 27.2 Å². The van der Waals surface area contributed by atoms with Crippen LogP contribution in [0.3, 0.4) is 0 Å². The largest absolute Gasteiger partial charge is 0.371 e. The summed E-state index contributed by atoms with van der Waals surface area (Å²) in [5, 5.41) is 7.46. The maximum absolute atomic E-state index is 12.6. The predicted octanol–water partition coefficient (Wildman–Crippen LogP) is 4.59. The molecular weight excluding hydrogens is 348 g/mol. The molecule has 1 saturated heterocycles. The van der Waals surface area contributed by atoms with Crippen molar-refractivity contribution in [3.05, 3.63) is 71.5 Å². The summed E-state index contributed by atoms with van der Waals surface area (Å²) in [5.74, 6) is 0.638. The van der Waals surface area contributed by atoms with Crippen LogP contribution >= 0.6 is 0 Å². The van der Waals surface area contributed by atoms with Gasteiger partial charge < -0.3 is 10.2 Å². The fraction of sp³-hybridized carbons (Fsp3) is 0.304. The van der Waals surface area contributed by atoms with Crippen molar-refractivity contribution in [3.8, 4) is 5.69 Å². The van der Waals surface area contributed by atoms with Gasteiger partial charge in [-0.2, -0.15) is 5.10 Å². The van der Waals surface area contributed by atoms with Crippen molar-refractivity contribution in [3.63, 3.8) is 0 Å². The van der Waals surface area contributed by atoms with E-state index >= 15 is 0 Å². The lowest BCUT2D eigenvalue weighted by molar-refractivity contribution is 0.102. The van der Waals surface area contributed by atoms with Gasteiger partial charge in [-0.15, -0.1) is 0 Å². The Morgan fingerprint density at radius 1 is 1.04 bits per heavy atom. The van der Waals surface area contributed by atoms with E-state index in [2.05, 4.69) is 34.4 Å². The van der Waals surface area contributed by atoms with Gasteiger partial charge in [-0.3, -0.25) is 4.79 Å². The van der Waals surface area contributed by atoms with Crippen molar-refractivity contribution >= 4 is 17.3 Å². The second kappa shape index (κ2) is 7.50. The average molecular weight is 374 g/mol. The lowest BCUT2D eigenvalue weighted by atomic mass is 10.2. The molecule has 0 aliphatic carbocycles. The zero-order valence-electron chi connectivity index (χ0n) is 16.6. The van der Waals surface area contributed by atoms with Crippen LogP contribution in [-0.4, -0.2) is 28.8 Å². The summed E-state index contributed by atoms with van der Waals surface area (Å²) in [6, 6.07) is 17.7. The number of anilines is 2. The molecule has 2 aromatic carbocycles. The highest BCUT2D eigenvalue weighted by molar-refractivity contribution is 6.04. The quantitative estimate of drug-likeness (QED) is 0.727. The van der Waals surface area contributed by atoms with E-state index in [0.717, 1.165) is 41.8 Å². The third-order valence-electron chi connectivity index (χ3n) is 5.30. The molecule has 0 spiro atoms. The Balaban J connectivity index is 1.43. The van der Waals surface area contributed by atoms with Gasteiger partial charge in [-0.05, 0) is 80.8 Å². The van der Waals surface area contributed by atoms with Gasteiger partial charge in [-0.1, -0.05) is 6.92 Å². The molecule has 5 heteroatoms. The van der Waals surface area contributed by atoms with Crippen molar-refractivity contribution < 1.29 is 4.79 Å². The summed E-state index contributed by atoms with van der Waals surface area (Å²) in [7, 11) is 0. The number of amides is 1. The Morgan fingerprint density at radius 2 is 1.71 bits per heavy atom. The molecule has 4 rings (SSSR count). The number of rotatable bonds is 4. The first-order valence-electron chi connectivity index (χ1n) is 9.79. The number of hydrogen-bond donors (Lipinski definition) is 1. The Hall–Kier alpha value is -3.08. The number of aromatic nitrogens is 2. The molecule has 2 heterocycles. The number of nitrogens with zero attached hydrogens (tertiary/aromatic N) is 3. The third-order valence-corrected chi connectivity index (χ3v) is 5.30. The van der Waals surface area contributed by atoms with E-state index in [1.807, 2.05) is 61.0 Å². The molecule has 1 fully saturated rings. The first-order chi connectivity index (χ1) is 13.5. The first-order valence-corrected chi connectivity index (χ1v) is 9.79. The monoisotopic (exact) mass is 374 g/mol. The molecule has 1 aliphatic rings. The van der Waals surface area contributed by atoms with Crippen molar-refractivity contribution in [1.29, 1.82) is 0 Å². The van der Waals surface area contributed by atoms with Gasteiger partial charge in [0.1, 0.15) is 0 Å². The molecular formula is C23H26N4O. The lowest BCUT2D eigenvalue weighted by Crippen LogP contribution is -2.19. The minimum absolute atomic E-state index is 0.109. The zero-order valence-corrected chi connectivity index (χ0v) is 16.6. The normalized spacial score (nSPS) is 16.4. The second-order valence-electron chi connectivity index (χ2n) is 7.73. The van der Waals surface area contributed by atoms with E-state index < -0.39 is 0 Å². The Labute approximate surface area is 166 Å². The zero-order chi connectivity index (χ0) is 19.7. The van der Waals surface area contributed by atoms with Gasteiger partial charge in [0, 0.05) is 35.7 Å². The van der Waals surface area contributed by atoms with E-state index in [1.54, 1.807) is 0 Å². The van der Waals surface area contributed by atoms with E-state index in [-0.39, 0.29) is 5.91 Å². The number of carbonyl (C=O) groups is 1. The average Bonchev–Trinajstić information content (AvgIpc) is 3.27. The Morgan fingerprint density at radius 3 is 2.29 bits per heavy atom. The van der Waals surface area contributed by atoms with Gasteiger partial charge in [0.25, 0.3) is 5.91 Å². The van der Waals surface area contributed by atoms with E-state index in [1.165, 1.54) is 12.1 Å². The van der Waals surface area contributed by atoms with E-state index in [0.29, 0.717) is 5.56 Å². The van der Waals surface area contributed by atoms with Gasteiger partial charge in [-0.25, -0.2) is 4.68 Å². The predicted molar refractivity (Wildman–Crippen MR) is 113 cm³/mol. The fourth-order valence-electron chi connectivity index (χ4n) is 3.77. The smallest absolute Gasteiger partial charge is 0.255 e. The number of aryl methyl sites for hydroxylation is 2. The second-order valence-corrected chi connectivity index (χ2v) is 7.73. The van der Waals surface area contributed by atoms with Gasteiger partial charge in [0.05, 0.1) is 11.4 Å². The van der Waals surface area contributed by atoms with Gasteiger partial charge >= 0.3 is 0 Å². The Kier molecular flexibility index (Phi) is 4.90. The Bertz CT molecular complexity index is 973. The molecule has 3 aromatic rings. The molecule has 5 nitrogen and oxygen atoms in total. The van der Waals surface area contributed by atoms with Crippen LogP contribution in [0.15, 0.2) is 54.6 Å². The minimum Gasteiger partial charge on any atom is -0.371 e.